The van der Waals surface area contributed by atoms with Gasteiger partial charge in [0.05, 0.1) is 5.02 Å². The van der Waals surface area contributed by atoms with Crippen molar-refractivity contribution in [1.82, 2.24) is 10.6 Å². The normalized spacial score (nSPS) is 10.1. The second-order valence-corrected chi connectivity index (χ2v) is 5.19. The van der Waals surface area contributed by atoms with E-state index in [0.29, 0.717) is 15.8 Å². The first kappa shape index (κ1) is 16.4. The highest BCUT2D eigenvalue weighted by Crippen LogP contribution is 2.27. The topological polar surface area (TPSA) is 50.4 Å². The van der Waals surface area contributed by atoms with Gasteiger partial charge in [-0.3, -0.25) is 0 Å². The fourth-order valence-electron chi connectivity index (χ4n) is 1.62. The van der Waals surface area contributed by atoms with Gasteiger partial charge in [0, 0.05) is 11.6 Å². The number of hydrogen-bond acceptors (Lipinski definition) is 2. The minimum absolute atomic E-state index is 0.0450. The second kappa shape index (κ2) is 7.87. The number of hydrogen-bond donors (Lipinski definition) is 2. The number of benzene rings is 2. The lowest BCUT2D eigenvalue weighted by Gasteiger charge is -2.10. The third kappa shape index (κ3) is 5.09. The Balaban J connectivity index is 1.72. The molecule has 0 atom stereocenters. The third-order valence-corrected chi connectivity index (χ3v) is 3.25. The molecule has 7 heteroatoms. The molecular formula is C15H13Cl2FN2O2. The number of urea groups is 1. The summed E-state index contributed by atoms with van der Waals surface area (Å²) in [5.74, 6) is 0.103. The minimum Gasteiger partial charge on any atom is -0.472 e. The molecule has 0 aliphatic carbocycles. The first-order valence-electron chi connectivity index (χ1n) is 6.38. The summed E-state index contributed by atoms with van der Waals surface area (Å²) in [6, 6.07) is 10.3. The summed E-state index contributed by atoms with van der Waals surface area (Å²) >= 11 is 11.7. The molecule has 116 valence electrons. The zero-order chi connectivity index (χ0) is 15.9. The maximum Gasteiger partial charge on any atom is 0.317 e. The molecule has 0 bridgehead atoms. The van der Waals surface area contributed by atoms with Crippen LogP contribution in [0.3, 0.4) is 0 Å². The highest BCUT2D eigenvalue weighted by molar-refractivity contribution is 6.35. The van der Waals surface area contributed by atoms with E-state index in [1.165, 1.54) is 12.1 Å². The molecule has 2 amide bonds. The van der Waals surface area contributed by atoms with Gasteiger partial charge in [0.15, 0.2) is 6.73 Å². The maximum absolute atomic E-state index is 12.7. The van der Waals surface area contributed by atoms with Crippen molar-refractivity contribution in [3.63, 3.8) is 0 Å². The summed E-state index contributed by atoms with van der Waals surface area (Å²) in [5.41, 5.74) is 0.790. The Bertz CT molecular complexity index is 650. The molecule has 2 aromatic carbocycles. The fourth-order valence-corrected chi connectivity index (χ4v) is 2.08. The standard InChI is InChI=1S/C15H13Cl2FN2O2/c16-11-3-6-14(13(17)7-11)22-9-20-15(21)19-8-10-1-4-12(18)5-2-10/h1-7H,8-9H2,(H2,19,20,21). The molecular weight excluding hydrogens is 330 g/mol. The van der Waals surface area contributed by atoms with Crippen molar-refractivity contribution in [2.45, 2.75) is 6.54 Å². The SMILES string of the molecule is O=C(NCOc1ccc(Cl)cc1Cl)NCc1ccc(F)cc1. The molecule has 0 unspecified atom stereocenters. The molecule has 0 spiro atoms. The monoisotopic (exact) mass is 342 g/mol. The largest absolute Gasteiger partial charge is 0.472 e. The Morgan fingerprint density at radius 1 is 1.09 bits per heavy atom. The van der Waals surface area contributed by atoms with E-state index in [1.807, 2.05) is 0 Å². The Hall–Kier alpha value is -1.98. The maximum atomic E-state index is 12.7. The lowest BCUT2D eigenvalue weighted by atomic mass is 10.2. The summed E-state index contributed by atoms with van der Waals surface area (Å²) in [5, 5.41) is 6.00. The van der Waals surface area contributed by atoms with Crippen molar-refractivity contribution in [2.24, 2.45) is 0 Å². The van der Waals surface area contributed by atoms with Crippen molar-refractivity contribution in [1.29, 1.82) is 0 Å². The van der Waals surface area contributed by atoms with Crippen LogP contribution in [0.15, 0.2) is 42.5 Å². The van der Waals surface area contributed by atoms with E-state index >= 15 is 0 Å². The van der Waals surface area contributed by atoms with Crippen LogP contribution in [-0.2, 0) is 6.54 Å². The first-order chi connectivity index (χ1) is 10.5. The van der Waals surface area contributed by atoms with Crippen LogP contribution in [0.25, 0.3) is 0 Å². The number of carbonyl (C=O) groups excluding carboxylic acids is 1. The number of nitrogens with one attached hydrogen (secondary N) is 2. The highest BCUT2D eigenvalue weighted by Gasteiger charge is 2.04. The number of rotatable bonds is 5. The summed E-state index contributed by atoms with van der Waals surface area (Å²) in [4.78, 5) is 11.6. The zero-order valence-electron chi connectivity index (χ0n) is 11.4. The molecule has 0 aromatic heterocycles. The second-order valence-electron chi connectivity index (χ2n) is 4.35. The van der Waals surface area contributed by atoms with Gasteiger partial charge in [-0.15, -0.1) is 0 Å². The van der Waals surface area contributed by atoms with Crippen LogP contribution in [0.5, 0.6) is 5.75 Å². The molecule has 0 heterocycles. The van der Waals surface area contributed by atoms with Gasteiger partial charge in [-0.05, 0) is 35.9 Å². The van der Waals surface area contributed by atoms with E-state index in [4.69, 9.17) is 27.9 Å². The average Bonchev–Trinajstić information content (AvgIpc) is 2.49. The van der Waals surface area contributed by atoms with Crippen LogP contribution >= 0.6 is 23.2 Å². The van der Waals surface area contributed by atoms with Gasteiger partial charge in [0.1, 0.15) is 11.6 Å². The van der Waals surface area contributed by atoms with Crippen LogP contribution in [0.2, 0.25) is 10.0 Å². The van der Waals surface area contributed by atoms with E-state index in [-0.39, 0.29) is 19.1 Å². The van der Waals surface area contributed by atoms with Gasteiger partial charge in [-0.2, -0.15) is 0 Å². The van der Waals surface area contributed by atoms with E-state index in [0.717, 1.165) is 5.56 Å². The van der Waals surface area contributed by atoms with Gasteiger partial charge in [-0.25, -0.2) is 9.18 Å². The summed E-state index contributed by atoms with van der Waals surface area (Å²) in [7, 11) is 0. The van der Waals surface area contributed by atoms with Crippen LogP contribution < -0.4 is 15.4 Å². The van der Waals surface area contributed by atoms with Crippen LogP contribution in [-0.4, -0.2) is 12.8 Å². The molecule has 2 N–H and O–H groups in total. The molecule has 22 heavy (non-hydrogen) atoms. The molecule has 0 saturated heterocycles. The average molecular weight is 343 g/mol. The lowest BCUT2D eigenvalue weighted by Crippen LogP contribution is -2.37. The number of amides is 2. The van der Waals surface area contributed by atoms with E-state index in [2.05, 4.69) is 10.6 Å². The van der Waals surface area contributed by atoms with Crippen LogP contribution in [0, 0.1) is 5.82 Å². The molecule has 2 aromatic rings. The van der Waals surface area contributed by atoms with Gasteiger partial charge < -0.3 is 15.4 Å². The molecule has 2 rings (SSSR count). The number of halogens is 3. The fraction of sp³-hybridized carbons (Fsp3) is 0.133. The third-order valence-electron chi connectivity index (χ3n) is 2.72. The summed E-state index contributed by atoms with van der Waals surface area (Å²) in [6.07, 6.45) is 0. The molecule has 4 nitrogen and oxygen atoms in total. The first-order valence-corrected chi connectivity index (χ1v) is 7.14. The molecule has 0 radical (unpaired) electrons. The number of ether oxygens (including phenoxy) is 1. The van der Waals surface area contributed by atoms with Crippen molar-refractivity contribution >= 4 is 29.2 Å². The minimum atomic E-state index is -0.408. The van der Waals surface area contributed by atoms with Crippen LogP contribution in [0.4, 0.5) is 9.18 Å². The Morgan fingerprint density at radius 2 is 1.82 bits per heavy atom. The van der Waals surface area contributed by atoms with Crippen molar-refractivity contribution < 1.29 is 13.9 Å². The zero-order valence-corrected chi connectivity index (χ0v) is 12.9. The summed E-state index contributed by atoms with van der Waals surface area (Å²) in [6.45, 7) is 0.240. The quantitative estimate of drug-likeness (QED) is 0.807. The molecule has 0 fully saturated rings. The van der Waals surface area contributed by atoms with Gasteiger partial charge >= 0.3 is 6.03 Å². The summed E-state index contributed by atoms with van der Waals surface area (Å²) < 4.78 is 18.1. The predicted molar refractivity (Wildman–Crippen MR) is 83.7 cm³/mol. The lowest BCUT2D eigenvalue weighted by molar-refractivity contribution is 0.223. The van der Waals surface area contributed by atoms with E-state index < -0.39 is 6.03 Å². The Morgan fingerprint density at radius 3 is 2.50 bits per heavy atom. The van der Waals surface area contributed by atoms with Gasteiger partial charge in [0.25, 0.3) is 0 Å². The van der Waals surface area contributed by atoms with Crippen LogP contribution in [0.1, 0.15) is 5.56 Å². The molecule has 0 aliphatic rings. The van der Waals surface area contributed by atoms with E-state index in [9.17, 15) is 9.18 Å². The predicted octanol–water partition coefficient (Wildman–Crippen LogP) is 3.97. The Labute approximate surface area is 137 Å². The molecule has 0 saturated carbocycles. The van der Waals surface area contributed by atoms with Crippen molar-refractivity contribution in [3.8, 4) is 5.75 Å². The highest BCUT2D eigenvalue weighted by atomic mass is 35.5. The molecule has 0 aliphatic heterocycles. The van der Waals surface area contributed by atoms with E-state index in [1.54, 1.807) is 30.3 Å². The smallest absolute Gasteiger partial charge is 0.317 e. The number of carbonyl (C=O) groups is 1. The Kier molecular flexibility index (Phi) is 5.86. The van der Waals surface area contributed by atoms with Crippen molar-refractivity contribution in [3.05, 3.63) is 63.9 Å². The van der Waals surface area contributed by atoms with Gasteiger partial charge in [0.2, 0.25) is 0 Å². The van der Waals surface area contributed by atoms with Gasteiger partial charge in [-0.1, -0.05) is 35.3 Å². The van der Waals surface area contributed by atoms with Crippen molar-refractivity contribution in [2.75, 3.05) is 6.73 Å².